The number of piperidine rings is 1. The van der Waals surface area contributed by atoms with Crippen LogP contribution in [0.4, 0.5) is 5.69 Å². The molecule has 5 nitrogen and oxygen atoms in total. The normalized spacial score (nSPS) is 14.5. The molecule has 1 saturated heterocycles. The number of carbonyl (C=O) groups excluding carboxylic acids is 2. The van der Waals surface area contributed by atoms with Crippen molar-refractivity contribution in [2.24, 2.45) is 0 Å². The van der Waals surface area contributed by atoms with Crippen LogP contribution in [0.3, 0.4) is 0 Å². The van der Waals surface area contributed by atoms with Gasteiger partial charge in [0.2, 0.25) is 0 Å². The van der Waals surface area contributed by atoms with Crippen LogP contribution in [-0.4, -0.2) is 30.8 Å². The lowest BCUT2D eigenvalue weighted by atomic mass is 10.0. The third-order valence-corrected chi connectivity index (χ3v) is 5.09. The molecule has 0 saturated carbocycles. The lowest BCUT2D eigenvalue weighted by molar-refractivity contribution is 0.0929. The maximum atomic E-state index is 12.5. The number of anilines is 1. The molecule has 0 atom stereocenters. The first kappa shape index (κ1) is 18.7. The molecule has 0 bridgehead atoms. The molecule has 1 fully saturated rings. The number of amides is 1. The van der Waals surface area contributed by atoms with Gasteiger partial charge in [-0.25, -0.2) is 0 Å². The fourth-order valence-corrected chi connectivity index (χ4v) is 3.46. The largest absolute Gasteiger partial charge is 0.370 e. The number of Topliss-reactive ketones (excluding diaryl/α,β-unsaturated/α-hetero) is 1. The SMILES string of the molecule is CC(=O)c1ccc(C#N)c(N2CCC(NC(=O)c3ccccc3C)CC2)c1. The molecule has 1 N–H and O–H groups in total. The van der Waals surface area contributed by atoms with E-state index in [2.05, 4.69) is 16.3 Å². The van der Waals surface area contributed by atoms with Gasteiger partial charge >= 0.3 is 0 Å². The minimum atomic E-state index is -0.0390. The summed E-state index contributed by atoms with van der Waals surface area (Å²) in [5.41, 5.74) is 3.66. The molecule has 3 rings (SSSR count). The van der Waals surface area contributed by atoms with Gasteiger partial charge in [-0.05, 0) is 56.5 Å². The molecule has 2 aromatic carbocycles. The Morgan fingerprint density at radius 2 is 1.85 bits per heavy atom. The van der Waals surface area contributed by atoms with Crippen molar-refractivity contribution in [3.05, 3.63) is 64.7 Å². The van der Waals surface area contributed by atoms with E-state index in [1.165, 1.54) is 6.92 Å². The maximum absolute atomic E-state index is 12.5. The van der Waals surface area contributed by atoms with Crippen LogP contribution in [0.2, 0.25) is 0 Å². The lowest BCUT2D eigenvalue weighted by Crippen LogP contribution is -2.45. The molecule has 0 radical (unpaired) electrons. The van der Waals surface area contributed by atoms with E-state index in [-0.39, 0.29) is 17.7 Å². The monoisotopic (exact) mass is 361 g/mol. The highest BCUT2D eigenvalue weighted by Gasteiger charge is 2.23. The minimum Gasteiger partial charge on any atom is -0.370 e. The molecule has 138 valence electrons. The van der Waals surface area contributed by atoms with Gasteiger partial charge in [0.15, 0.2) is 5.78 Å². The molecule has 0 aromatic heterocycles. The molecule has 1 aliphatic heterocycles. The second kappa shape index (κ2) is 8.05. The molecule has 1 amide bonds. The molecule has 0 unspecified atom stereocenters. The van der Waals surface area contributed by atoms with Gasteiger partial charge in [0, 0.05) is 30.3 Å². The Bertz CT molecular complexity index is 906. The summed E-state index contributed by atoms with van der Waals surface area (Å²) >= 11 is 0. The topological polar surface area (TPSA) is 73.2 Å². The summed E-state index contributed by atoms with van der Waals surface area (Å²) in [7, 11) is 0. The maximum Gasteiger partial charge on any atom is 0.251 e. The second-order valence-electron chi connectivity index (χ2n) is 6.95. The number of carbonyl (C=O) groups is 2. The van der Waals surface area contributed by atoms with Crippen LogP contribution in [0.1, 0.15) is 51.6 Å². The first-order valence-electron chi connectivity index (χ1n) is 9.16. The summed E-state index contributed by atoms with van der Waals surface area (Å²) in [4.78, 5) is 26.3. The van der Waals surface area contributed by atoms with Crippen LogP contribution in [0.15, 0.2) is 42.5 Å². The van der Waals surface area contributed by atoms with Gasteiger partial charge < -0.3 is 10.2 Å². The Hall–Kier alpha value is -3.13. The van der Waals surface area contributed by atoms with Crippen LogP contribution in [-0.2, 0) is 0 Å². The number of benzene rings is 2. The van der Waals surface area contributed by atoms with Crippen molar-refractivity contribution in [1.82, 2.24) is 5.32 Å². The van der Waals surface area contributed by atoms with Crippen molar-refractivity contribution in [2.75, 3.05) is 18.0 Å². The van der Waals surface area contributed by atoms with Crippen LogP contribution in [0.5, 0.6) is 0 Å². The fraction of sp³-hybridized carbons (Fsp3) is 0.318. The predicted molar refractivity (Wildman–Crippen MR) is 105 cm³/mol. The quantitative estimate of drug-likeness (QED) is 0.847. The van der Waals surface area contributed by atoms with E-state index < -0.39 is 0 Å². The third kappa shape index (κ3) is 4.17. The summed E-state index contributed by atoms with van der Waals surface area (Å²) < 4.78 is 0. The van der Waals surface area contributed by atoms with Crippen LogP contribution < -0.4 is 10.2 Å². The molecule has 27 heavy (non-hydrogen) atoms. The molecule has 5 heteroatoms. The summed E-state index contributed by atoms with van der Waals surface area (Å²) in [6, 6.07) is 15.1. The summed E-state index contributed by atoms with van der Waals surface area (Å²) in [5, 5.41) is 12.5. The molecule has 0 spiro atoms. The van der Waals surface area contributed by atoms with Gasteiger partial charge in [-0.2, -0.15) is 5.26 Å². The van der Waals surface area contributed by atoms with Gasteiger partial charge in [-0.15, -0.1) is 0 Å². The van der Waals surface area contributed by atoms with Crippen molar-refractivity contribution in [3.63, 3.8) is 0 Å². The summed E-state index contributed by atoms with van der Waals surface area (Å²) in [6.07, 6.45) is 1.60. The first-order valence-corrected chi connectivity index (χ1v) is 9.16. The molecule has 1 aliphatic rings. The van der Waals surface area contributed by atoms with Gasteiger partial charge in [-0.1, -0.05) is 18.2 Å². The van der Waals surface area contributed by atoms with Crippen molar-refractivity contribution in [2.45, 2.75) is 32.7 Å². The van der Waals surface area contributed by atoms with E-state index in [1.54, 1.807) is 18.2 Å². The van der Waals surface area contributed by atoms with Gasteiger partial charge in [0.05, 0.1) is 11.3 Å². The smallest absolute Gasteiger partial charge is 0.251 e. The van der Waals surface area contributed by atoms with Crippen molar-refractivity contribution in [1.29, 1.82) is 5.26 Å². The number of nitriles is 1. The van der Waals surface area contributed by atoms with Crippen LogP contribution >= 0.6 is 0 Å². The molecule has 2 aromatic rings. The van der Waals surface area contributed by atoms with Gasteiger partial charge in [-0.3, -0.25) is 9.59 Å². The molecule has 1 heterocycles. The Kier molecular flexibility index (Phi) is 5.56. The van der Waals surface area contributed by atoms with Gasteiger partial charge in [0.1, 0.15) is 6.07 Å². The van der Waals surface area contributed by atoms with E-state index in [0.29, 0.717) is 16.7 Å². The van der Waals surface area contributed by atoms with E-state index in [1.807, 2.05) is 31.2 Å². The van der Waals surface area contributed by atoms with Crippen molar-refractivity contribution < 1.29 is 9.59 Å². The average molecular weight is 361 g/mol. The zero-order chi connectivity index (χ0) is 19.4. The Labute approximate surface area is 159 Å². The number of nitrogens with zero attached hydrogens (tertiary/aromatic N) is 2. The summed E-state index contributed by atoms with van der Waals surface area (Å²) in [6.45, 7) is 4.92. The zero-order valence-corrected chi connectivity index (χ0v) is 15.7. The first-order chi connectivity index (χ1) is 13.0. The zero-order valence-electron chi connectivity index (χ0n) is 15.7. The number of rotatable bonds is 4. The highest BCUT2D eigenvalue weighted by molar-refractivity contribution is 5.96. The van der Waals surface area contributed by atoms with Crippen molar-refractivity contribution >= 4 is 17.4 Å². The van der Waals surface area contributed by atoms with Gasteiger partial charge in [0.25, 0.3) is 5.91 Å². The van der Waals surface area contributed by atoms with E-state index >= 15 is 0 Å². The average Bonchev–Trinajstić information content (AvgIpc) is 2.68. The van der Waals surface area contributed by atoms with Crippen molar-refractivity contribution in [3.8, 4) is 6.07 Å². The third-order valence-electron chi connectivity index (χ3n) is 5.09. The summed E-state index contributed by atoms with van der Waals surface area (Å²) in [5.74, 6) is -0.0519. The fourth-order valence-electron chi connectivity index (χ4n) is 3.46. The number of aryl methyl sites for hydroxylation is 1. The highest BCUT2D eigenvalue weighted by atomic mass is 16.1. The Balaban J connectivity index is 1.67. The van der Waals surface area contributed by atoms with E-state index in [4.69, 9.17) is 0 Å². The number of hydrogen-bond acceptors (Lipinski definition) is 4. The standard InChI is InChI=1S/C22H23N3O2/c1-15-5-3-4-6-20(15)22(27)24-19-9-11-25(12-10-19)21-13-17(16(2)26)7-8-18(21)14-23/h3-8,13,19H,9-12H2,1-2H3,(H,24,27). The van der Waals surface area contributed by atoms with Crippen LogP contribution in [0.25, 0.3) is 0 Å². The van der Waals surface area contributed by atoms with Crippen LogP contribution in [0, 0.1) is 18.3 Å². The highest BCUT2D eigenvalue weighted by Crippen LogP contribution is 2.26. The molecule has 0 aliphatic carbocycles. The number of nitrogens with one attached hydrogen (secondary N) is 1. The number of hydrogen-bond donors (Lipinski definition) is 1. The number of ketones is 1. The minimum absolute atomic E-state index is 0.0129. The van der Waals surface area contributed by atoms with E-state index in [9.17, 15) is 14.9 Å². The second-order valence-corrected chi connectivity index (χ2v) is 6.95. The Morgan fingerprint density at radius 3 is 2.48 bits per heavy atom. The molecular weight excluding hydrogens is 338 g/mol. The Morgan fingerprint density at radius 1 is 1.15 bits per heavy atom. The predicted octanol–water partition coefficient (Wildman–Crippen LogP) is 3.47. The lowest BCUT2D eigenvalue weighted by Gasteiger charge is -2.34. The van der Waals surface area contributed by atoms with E-state index in [0.717, 1.165) is 37.2 Å². The molecular formula is C22H23N3O2.